The molecule has 1 unspecified atom stereocenters. The van der Waals surface area contributed by atoms with E-state index in [1.807, 2.05) is 28.6 Å². The van der Waals surface area contributed by atoms with Gasteiger partial charge in [-0.25, -0.2) is 14.8 Å². The molecule has 0 aliphatic carbocycles. The van der Waals surface area contributed by atoms with Crippen molar-refractivity contribution in [1.82, 2.24) is 24.8 Å². The number of carbonyl (C=O) groups excluding carboxylic acids is 2. The Morgan fingerprint density at radius 2 is 2.36 bits per heavy atom. The van der Waals surface area contributed by atoms with Crippen LogP contribution in [0.15, 0.2) is 18.3 Å². The van der Waals surface area contributed by atoms with Gasteiger partial charge in [-0.15, -0.1) is 0 Å². The summed E-state index contributed by atoms with van der Waals surface area (Å²) in [5, 5.41) is 2.70. The number of rotatable bonds is 3. The van der Waals surface area contributed by atoms with E-state index in [2.05, 4.69) is 15.3 Å². The highest BCUT2D eigenvalue weighted by Crippen LogP contribution is 2.28. The third-order valence-corrected chi connectivity index (χ3v) is 5.04. The van der Waals surface area contributed by atoms with Gasteiger partial charge in [0.15, 0.2) is 5.65 Å². The van der Waals surface area contributed by atoms with Gasteiger partial charge in [0.1, 0.15) is 16.9 Å². The smallest absolute Gasteiger partial charge is 0.407 e. The lowest BCUT2D eigenvalue weighted by molar-refractivity contribution is -0.136. The van der Waals surface area contributed by atoms with Crippen LogP contribution < -0.4 is 5.32 Å². The third-order valence-electron chi connectivity index (χ3n) is 5.04. The first-order valence-electron chi connectivity index (χ1n) is 8.57. The van der Waals surface area contributed by atoms with E-state index in [0.29, 0.717) is 32.5 Å². The fraction of sp³-hybridized carbons (Fsp3) is 0.529. The minimum absolute atomic E-state index is 0.0713. The van der Waals surface area contributed by atoms with Gasteiger partial charge in [-0.3, -0.25) is 4.79 Å². The number of imidazole rings is 1. The molecular weight excluding hydrogens is 322 g/mol. The average Bonchev–Trinajstić information content (AvgIpc) is 3.13. The average molecular weight is 343 g/mol. The largest absolute Gasteiger partial charge is 0.439 e. The second-order valence-corrected chi connectivity index (χ2v) is 6.78. The molecule has 1 atom stereocenters. The van der Waals surface area contributed by atoms with Crippen LogP contribution in [0.2, 0.25) is 0 Å². The lowest BCUT2D eigenvalue weighted by Crippen LogP contribution is -2.52. The molecule has 0 bridgehead atoms. The van der Waals surface area contributed by atoms with Crippen LogP contribution in [-0.2, 0) is 23.0 Å². The molecule has 2 aliphatic heterocycles. The van der Waals surface area contributed by atoms with Crippen molar-refractivity contribution in [2.24, 2.45) is 7.05 Å². The Hall–Kier alpha value is -2.64. The van der Waals surface area contributed by atoms with Gasteiger partial charge in [0.2, 0.25) is 5.91 Å². The minimum atomic E-state index is -0.549. The number of hydrogen-bond acceptors (Lipinski definition) is 5. The van der Waals surface area contributed by atoms with Crippen molar-refractivity contribution in [3.8, 4) is 0 Å². The molecule has 1 N–H and O–H groups in total. The molecule has 2 amide bonds. The molecule has 25 heavy (non-hydrogen) atoms. The van der Waals surface area contributed by atoms with Crippen LogP contribution in [0.4, 0.5) is 4.79 Å². The number of nitrogens with zero attached hydrogens (tertiary/aromatic N) is 4. The van der Waals surface area contributed by atoms with Crippen LogP contribution in [-0.4, -0.2) is 56.7 Å². The van der Waals surface area contributed by atoms with Crippen LogP contribution in [0, 0.1) is 0 Å². The van der Waals surface area contributed by atoms with Gasteiger partial charge in [0.25, 0.3) is 0 Å². The Morgan fingerprint density at radius 3 is 3.12 bits per heavy atom. The second kappa shape index (κ2) is 6.02. The topological polar surface area (TPSA) is 89.4 Å². The minimum Gasteiger partial charge on any atom is -0.439 e. The predicted molar refractivity (Wildman–Crippen MR) is 89.9 cm³/mol. The van der Waals surface area contributed by atoms with Crippen LogP contribution in [0.25, 0.3) is 11.2 Å². The second-order valence-electron chi connectivity index (χ2n) is 6.78. The molecule has 0 radical (unpaired) electrons. The number of carbonyl (C=O) groups is 2. The fourth-order valence-corrected chi connectivity index (χ4v) is 3.71. The Labute approximate surface area is 145 Å². The summed E-state index contributed by atoms with van der Waals surface area (Å²) in [6.07, 6.45) is 3.94. The van der Waals surface area contributed by atoms with E-state index in [-0.39, 0.29) is 12.0 Å². The first-order valence-corrected chi connectivity index (χ1v) is 8.57. The number of aryl methyl sites for hydroxylation is 2. The Kier molecular flexibility index (Phi) is 3.82. The highest BCUT2D eigenvalue weighted by Gasteiger charge is 2.44. The van der Waals surface area contributed by atoms with Crippen molar-refractivity contribution in [3.05, 3.63) is 24.2 Å². The SMILES string of the molecule is Cn1c(CCC(=O)N2CCCC3(CNC(=O)O3)C2)nc2cccnc21. The van der Waals surface area contributed by atoms with Crippen LogP contribution in [0.3, 0.4) is 0 Å². The molecule has 8 nitrogen and oxygen atoms in total. The standard InChI is InChI=1S/C17H21N5O3/c1-21-13(20-12-4-2-8-18-15(12)21)5-6-14(23)22-9-3-7-17(11-22)10-19-16(24)25-17/h2,4,8H,3,5-7,9-11H2,1H3,(H,19,24). The zero-order valence-corrected chi connectivity index (χ0v) is 14.2. The van der Waals surface area contributed by atoms with Crippen LogP contribution in [0.1, 0.15) is 25.1 Å². The van der Waals surface area contributed by atoms with Crippen molar-refractivity contribution >= 4 is 23.2 Å². The number of alkyl carbamates (subject to hydrolysis) is 1. The van der Waals surface area contributed by atoms with Crippen molar-refractivity contribution in [1.29, 1.82) is 0 Å². The van der Waals surface area contributed by atoms with Crippen LogP contribution in [0.5, 0.6) is 0 Å². The lowest BCUT2D eigenvalue weighted by atomic mass is 9.93. The Bertz CT molecular complexity index is 833. The van der Waals surface area contributed by atoms with Crippen molar-refractivity contribution in [2.75, 3.05) is 19.6 Å². The van der Waals surface area contributed by atoms with Gasteiger partial charge in [-0.2, -0.15) is 0 Å². The Morgan fingerprint density at radius 1 is 1.48 bits per heavy atom. The maximum absolute atomic E-state index is 12.6. The molecule has 8 heteroatoms. The van der Waals surface area contributed by atoms with Crippen molar-refractivity contribution in [3.63, 3.8) is 0 Å². The van der Waals surface area contributed by atoms with Gasteiger partial charge in [0, 0.05) is 32.6 Å². The number of hydrogen-bond donors (Lipinski definition) is 1. The summed E-state index contributed by atoms with van der Waals surface area (Å²) in [7, 11) is 1.92. The summed E-state index contributed by atoms with van der Waals surface area (Å²) < 4.78 is 7.36. The maximum Gasteiger partial charge on any atom is 0.407 e. The van der Waals surface area contributed by atoms with E-state index in [0.717, 1.165) is 29.8 Å². The normalized spacial score (nSPS) is 23.1. The predicted octanol–water partition coefficient (Wildman–Crippen LogP) is 1.00. The number of ether oxygens (including phenoxy) is 1. The highest BCUT2D eigenvalue weighted by molar-refractivity contribution is 5.77. The van der Waals surface area contributed by atoms with E-state index in [4.69, 9.17) is 4.74 Å². The molecule has 2 aromatic rings. The van der Waals surface area contributed by atoms with E-state index in [1.165, 1.54) is 0 Å². The molecule has 0 saturated carbocycles. The van der Waals surface area contributed by atoms with Crippen molar-refractivity contribution < 1.29 is 14.3 Å². The number of likely N-dealkylation sites (tertiary alicyclic amines) is 1. The number of nitrogens with one attached hydrogen (secondary N) is 1. The van der Waals surface area contributed by atoms with Gasteiger partial charge < -0.3 is 19.5 Å². The van der Waals surface area contributed by atoms with Gasteiger partial charge in [-0.05, 0) is 25.0 Å². The summed E-state index contributed by atoms with van der Waals surface area (Å²) in [4.78, 5) is 34.7. The summed E-state index contributed by atoms with van der Waals surface area (Å²) in [5.41, 5.74) is 1.12. The molecule has 132 valence electrons. The number of amides is 2. The van der Waals surface area contributed by atoms with E-state index >= 15 is 0 Å². The molecule has 0 aromatic carbocycles. The van der Waals surface area contributed by atoms with Gasteiger partial charge >= 0.3 is 6.09 Å². The number of pyridine rings is 1. The molecule has 4 heterocycles. The zero-order chi connectivity index (χ0) is 17.4. The summed E-state index contributed by atoms with van der Waals surface area (Å²) >= 11 is 0. The number of fused-ring (bicyclic) bond motifs is 1. The van der Waals surface area contributed by atoms with Crippen molar-refractivity contribution in [2.45, 2.75) is 31.3 Å². The van der Waals surface area contributed by atoms with Gasteiger partial charge in [0.05, 0.1) is 13.1 Å². The first-order chi connectivity index (χ1) is 12.1. The first kappa shape index (κ1) is 15.9. The molecule has 2 aromatic heterocycles. The molecule has 4 rings (SSSR count). The lowest BCUT2D eigenvalue weighted by Gasteiger charge is -2.38. The Balaban J connectivity index is 1.41. The molecule has 1 spiro atoms. The maximum atomic E-state index is 12.6. The van der Waals surface area contributed by atoms with E-state index < -0.39 is 5.60 Å². The monoisotopic (exact) mass is 343 g/mol. The number of aromatic nitrogens is 3. The summed E-state index contributed by atoms with van der Waals surface area (Å²) in [5.74, 6) is 0.921. The summed E-state index contributed by atoms with van der Waals surface area (Å²) in [6, 6.07) is 3.78. The fourth-order valence-electron chi connectivity index (χ4n) is 3.71. The van der Waals surface area contributed by atoms with Crippen LogP contribution >= 0.6 is 0 Å². The van der Waals surface area contributed by atoms with Gasteiger partial charge in [-0.1, -0.05) is 0 Å². The summed E-state index contributed by atoms with van der Waals surface area (Å²) in [6.45, 7) is 1.66. The third kappa shape index (κ3) is 2.92. The molecule has 2 fully saturated rings. The number of piperidine rings is 1. The molecule has 2 saturated heterocycles. The highest BCUT2D eigenvalue weighted by atomic mass is 16.6. The zero-order valence-electron chi connectivity index (χ0n) is 14.2. The van der Waals surface area contributed by atoms with E-state index in [9.17, 15) is 9.59 Å². The van der Waals surface area contributed by atoms with E-state index in [1.54, 1.807) is 6.20 Å². The molecular formula is C17H21N5O3. The quantitative estimate of drug-likeness (QED) is 0.898. The molecule has 2 aliphatic rings.